The molecule has 202 valence electrons. The number of nitrogens with zero attached hydrogens (tertiary/aromatic N) is 2. The number of ether oxygens (including phenoxy) is 2. The van der Waals surface area contributed by atoms with Crippen LogP contribution in [0, 0.1) is 5.41 Å². The number of ketones is 3. The third-order valence-electron chi connectivity index (χ3n) is 8.69. The van der Waals surface area contributed by atoms with E-state index in [1.807, 2.05) is 36.4 Å². The summed E-state index contributed by atoms with van der Waals surface area (Å²) in [6, 6.07) is 27.0. The van der Waals surface area contributed by atoms with Crippen LogP contribution >= 0.6 is 0 Å². The lowest BCUT2D eigenvalue weighted by atomic mass is 9.63. The normalized spacial score (nSPS) is 21.4. The molecule has 1 fully saturated rings. The summed E-state index contributed by atoms with van der Waals surface area (Å²) in [4.78, 5) is 44.0. The molecule has 7 heteroatoms. The molecule has 0 radical (unpaired) electrons. The summed E-state index contributed by atoms with van der Waals surface area (Å²) in [5.41, 5.74) is 1.88. The van der Waals surface area contributed by atoms with Crippen molar-refractivity contribution in [3.05, 3.63) is 130 Å². The molecule has 0 aromatic heterocycles. The van der Waals surface area contributed by atoms with Gasteiger partial charge in [0.15, 0.2) is 17.3 Å². The molecule has 0 saturated carbocycles. The SMILES string of the molecule is COc1ccc(C(=O)[C@@H]2[C@H](c3ccc(OC)cc3)C3(C(=O)c4ccccc4C3=O)[C@H]3c4ccccc4C=NN23)cc1. The Morgan fingerprint density at radius 1 is 0.756 bits per heavy atom. The molecular weight excluding hydrogens is 516 g/mol. The molecule has 2 heterocycles. The van der Waals surface area contributed by atoms with Crippen molar-refractivity contribution in [1.82, 2.24) is 5.01 Å². The number of methoxy groups -OCH3 is 2. The summed E-state index contributed by atoms with van der Waals surface area (Å²) >= 11 is 0. The molecule has 41 heavy (non-hydrogen) atoms. The van der Waals surface area contributed by atoms with Crippen LogP contribution in [0.3, 0.4) is 0 Å². The van der Waals surface area contributed by atoms with Gasteiger partial charge in [-0.2, -0.15) is 5.10 Å². The maximum atomic E-state index is 14.7. The van der Waals surface area contributed by atoms with E-state index in [0.717, 1.165) is 11.1 Å². The highest BCUT2D eigenvalue weighted by atomic mass is 16.5. The van der Waals surface area contributed by atoms with Gasteiger partial charge in [0.1, 0.15) is 23.0 Å². The van der Waals surface area contributed by atoms with Crippen LogP contribution in [-0.2, 0) is 0 Å². The van der Waals surface area contributed by atoms with Gasteiger partial charge in [-0.15, -0.1) is 0 Å². The van der Waals surface area contributed by atoms with Gasteiger partial charge in [-0.05, 0) is 53.1 Å². The van der Waals surface area contributed by atoms with Crippen LogP contribution in [0.25, 0.3) is 0 Å². The van der Waals surface area contributed by atoms with Crippen molar-refractivity contribution in [3.63, 3.8) is 0 Å². The summed E-state index contributed by atoms with van der Waals surface area (Å²) < 4.78 is 10.7. The van der Waals surface area contributed by atoms with Crippen LogP contribution in [0.5, 0.6) is 11.5 Å². The van der Waals surface area contributed by atoms with Gasteiger partial charge in [0.25, 0.3) is 0 Å². The Labute approximate surface area is 237 Å². The molecule has 0 bridgehead atoms. The molecule has 3 atom stereocenters. The standard InChI is InChI=1S/C34H26N2O5/c1-40-23-15-11-20(12-16-23)28-29(30(37)21-13-17-24(41-2)18-14-21)36-31(25-8-4-3-7-22(25)19-35-36)34(28)32(38)26-9-5-6-10-27(26)33(34)39/h3-19,28-29,31H,1-2H3/t28-,29-,31+/m0/s1. The van der Waals surface area contributed by atoms with Crippen LogP contribution < -0.4 is 9.47 Å². The Hall–Kier alpha value is -5.04. The van der Waals surface area contributed by atoms with Gasteiger partial charge in [0, 0.05) is 22.6 Å². The Morgan fingerprint density at radius 3 is 1.93 bits per heavy atom. The quantitative estimate of drug-likeness (QED) is 0.244. The zero-order chi connectivity index (χ0) is 28.3. The number of hydrazone groups is 1. The van der Waals surface area contributed by atoms with E-state index in [-0.39, 0.29) is 17.3 Å². The molecule has 0 N–H and O–H groups in total. The van der Waals surface area contributed by atoms with Crippen LogP contribution in [-0.4, -0.2) is 48.8 Å². The van der Waals surface area contributed by atoms with Crippen LogP contribution in [0.1, 0.15) is 59.7 Å². The van der Waals surface area contributed by atoms with Crippen molar-refractivity contribution in [3.8, 4) is 11.5 Å². The van der Waals surface area contributed by atoms with E-state index >= 15 is 0 Å². The zero-order valence-corrected chi connectivity index (χ0v) is 22.5. The summed E-state index contributed by atoms with van der Waals surface area (Å²) in [5, 5.41) is 6.49. The van der Waals surface area contributed by atoms with Crippen molar-refractivity contribution in [2.75, 3.05) is 14.2 Å². The number of hydrogen-bond donors (Lipinski definition) is 0. The molecular formula is C34H26N2O5. The average Bonchev–Trinajstić information content (AvgIpc) is 3.47. The second kappa shape index (κ2) is 9.27. The smallest absolute Gasteiger partial charge is 0.187 e. The lowest BCUT2D eigenvalue weighted by Crippen LogP contribution is -2.43. The van der Waals surface area contributed by atoms with E-state index in [9.17, 15) is 14.4 Å². The number of carbonyl (C=O) groups excluding carboxylic acids is 3. The third kappa shape index (κ3) is 3.38. The molecule has 4 aromatic carbocycles. The number of Topliss-reactive ketones (excluding diaryl/α,β-unsaturated/α-hetero) is 3. The topological polar surface area (TPSA) is 85.3 Å². The summed E-state index contributed by atoms with van der Waals surface area (Å²) in [5.74, 6) is -0.383. The molecule has 3 aliphatic rings. The predicted molar refractivity (Wildman–Crippen MR) is 153 cm³/mol. The minimum absolute atomic E-state index is 0.233. The zero-order valence-electron chi connectivity index (χ0n) is 22.5. The van der Waals surface area contributed by atoms with E-state index in [1.54, 1.807) is 86.1 Å². The largest absolute Gasteiger partial charge is 0.497 e. The van der Waals surface area contributed by atoms with Gasteiger partial charge in [0.05, 0.1) is 26.5 Å². The molecule has 7 rings (SSSR count). The van der Waals surface area contributed by atoms with Crippen LogP contribution in [0.15, 0.2) is 102 Å². The highest BCUT2D eigenvalue weighted by Gasteiger charge is 2.72. The monoisotopic (exact) mass is 542 g/mol. The molecule has 4 aromatic rings. The Kier molecular flexibility index (Phi) is 5.64. The Balaban J connectivity index is 1.52. The van der Waals surface area contributed by atoms with Gasteiger partial charge in [-0.25, -0.2) is 0 Å². The van der Waals surface area contributed by atoms with Gasteiger partial charge in [0.2, 0.25) is 0 Å². The van der Waals surface area contributed by atoms with E-state index in [0.29, 0.717) is 33.8 Å². The molecule has 1 saturated heterocycles. The maximum Gasteiger partial charge on any atom is 0.187 e. The van der Waals surface area contributed by atoms with Crippen molar-refractivity contribution in [1.29, 1.82) is 0 Å². The fourth-order valence-corrected chi connectivity index (χ4v) is 6.89. The molecule has 1 aliphatic carbocycles. The minimum atomic E-state index is -1.61. The fourth-order valence-electron chi connectivity index (χ4n) is 6.89. The molecule has 2 aliphatic heterocycles. The van der Waals surface area contributed by atoms with E-state index < -0.39 is 23.4 Å². The Morgan fingerprint density at radius 2 is 1.32 bits per heavy atom. The van der Waals surface area contributed by atoms with Crippen molar-refractivity contribution in [2.24, 2.45) is 10.5 Å². The van der Waals surface area contributed by atoms with Gasteiger partial charge < -0.3 is 9.47 Å². The molecule has 0 amide bonds. The Bertz CT molecular complexity index is 1710. The predicted octanol–water partition coefficient (Wildman–Crippen LogP) is 5.51. The first-order chi connectivity index (χ1) is 20.0. The maximum absolute atomic E-state index is 14.7. The van der Waals surface area contributed by atoms with Crippen molar-refractivity contribution in [2.45, 2.75) is 18.0 Å². The van der Waals surface area contributed by atoms with Crippen LogP contribution in [0.2, 0.25) is 0 Å². The summed E-state index contributed by atoms with van der Waals surface area (Å²) in [7, 11) is 3.14. The number of carbonyl (C=O) groups is 3. The molecule has 1 spiro atoms. The number of hydrogen-bond acceptors (Lipinski definition) is 7. The molecule has 7 nitrogen and oxygen atoms in total. The summed E-state index contributed by atoms with van der Waals surface area (Å²) in [6.07, 6.45) is 1.71. The number of benzene rings is 4. The fraction of sp³-hybridized carbons (Fsp3) is 0.176. The highest BCUT2D eigenvalue weighted by Crippen LogP contribution is 2.64. The first-order valence-corrected chi connectivity index (χ1v) is 13.4. The second-order valence-corrected chi connectivity index (χ2v) is 10.5. The third-order valence-corrected chi connectivity index (χ3v) is 8.69. The first kappa shape index (κ1) is 25.0. The number of fused-ring (bicyclic) bond motifs is 5. The van der Waals surface area contributed by atoms with Gasteiger partial charge >= 0.3 is 0 Å². The van der Waals surface area contributed by atoms with Crippen molar-refractivity contribution >= 4 is 23.6 Å². The lowest BCUT2D eigenvalue weighted by molar-refractivity contribution is 0.0586. The van der Waals surface area contributed by atoms with Crippen LogP contribution in [0.4, 0.5) is 0 Å². The summed E-state index contributed by atoms with van der Waals surface area (Å²) in [6.45, 7) is 0. The van der Waals surface area contributed by atoms with E-state index in [1.165, 1.54) is 0 Å². The first-order valence-electron chi connectivity index (χ1n) is 13.4. The van der Waals surface area contributed by atoms with E-state index in [2.05, 4.69) is 0 Å². The lowest BCUT2D eigenvalue weighted by Gasteiger charge is -2.36. The minimum Gasteiger partial charge on any atom is -0.497 e. The molecule has 0 unspecified atom stereocenters. The van der Waals surface area contributed by atoms with E-state index in [4.69, 9.17) is 14.6 Å². The highest BCUT2D eigenvalue weighted by molar-refractivity contribution is 6.31. The average molecular weight is 543 g/mol. The van der Waals surface area contributed by atoms with Crippen molar-refractivity contribution < 1.29 is 23.9 Å². The van der Waals surface area contributed by atoms with Gasteiger partial charge in [-0.3, -0.25) is 19.4 Å². The van der Waals surface area contributed by atoms with Gasteiger partial charge in [-0.1, -0.05) is 60.7 Å². The number of rotatable bonds is 5. The second-order valence-electron chi connectivity index (χ2n) is 10.5.